The van der Waals surface area contributed by atoms with E-state index in [1.165, 1.54) is 28.8 Å². The second-order valence-corrected chi connectivity index (χ2v) is 8.67. The standard InChI is InChI=1S/C22H22FN3O3S2/c23-15-9-8-14(13-24)17(11-15)18-6-4-5-16(25-18)12-19-21(29)26(22(30)31-19)10-3-1-2-7-20(27)28/h4-6,8-9,11-12H,1-3,7,10,13,24H2,(H,27,28). The Balaban J connectivity index is 1.73. The van der Waals surface area contributed by atoms with Crippen LogP contribution in [0.15, 0.2) is 41.3 Å². The SMILES string of the molecule is NCc1ccc(F)cc1-c1cccc(C=C2SC(=S)N(CCCCCC(=O)O)C2=O)n1. The number of rotatable bonds is 9. The van der Waals surface area contributed by atoms with E-state index in [1.54, 1.807) is 30.3 Å². The van der Waals surface area contributed by atoms with Crippen molar-refractivity contribution in [2.24, 2.45) is 5.73 Å². The summed E-state index contributed by atoms with van der Waals surface area (Å²) in [6.45, 7) is 0.713. The Bertz CT molecular complexity index is 1040. The summed E-state index contributed by atoms with van der Waals surface area (Å²) in [5.41, 5.74) is 8.30. The molecular weight excluding hydrogens is 437 g/mol. The molecule has 1 amide bonds. The van der Waals surface area contributed by atoms with Crippen molar-refractivity contribution in [1.29, 1.82) is 0 Å². The molecule has 0 bridgehead atoms. The van der Waals surface area contributed by atoms with E-state index in [2.05, 4.69) is 4.98 Å². The van der Waals surface area contributed by atoms with Gasteiger partial charge in [-0.1, -0.05) is 42.5 Å². The molecule has 1 aliphatic heterocycles. The number of carbonyl (C=O) groups is 2. The lowest BCUT2D eigenvalue weighted by Crippen LogP contribution is -2.29. The predicted octanol–water partition coefficient (Wildman–Crippen LogP) is 4.19. The normalized spacial score (nSPS) is 15.2. The summed E-state index contributed by atoms with van der Waals surface area (Å²) in [6.07, 6.45) is 3.76. The Hall–Kier alpha value is -2.62. The smallest absolute Gasteiger partial charge is 0.303 e. The molecule has 0 aliphatic carbocycles. The van der Waals surface area contributed by atoms with Gasteiger partial charge in [-0.15, -0.1) is 0 Å². The lowest BCUT2D eigenvalue weighted by molar-refractivity contribution is -0.137. The van der Waals surface area contributed by atoms with Crippen LogP contribution in [0.3, 0.4) is 0 Å². The number of thiocarbonyl (C=S) groups is 1. The number of aliphatic carboxylic acids is 1. The van der Waals surface area contributed by atoms with Gasteiger partial charge in [-0.05, 0) is 48.7 Å². The van der Waals surface area contributed by atoms with Crippen molar-refractivity contribution >= 4 is 46.3 Å². The van der Waals surface area contributed by atoms with Crippen LogP contribution in [0.4, 0.5) is 4.39 Å². The van der Waals surface area contributed by atoms with Gasteiger partial charge in [0, 0.05) is 25.1 Å². The highest BCUT2D eigenvalue weighted by Crippen LogP contribution is 2.33. The highest BCUT2D eigenvalue weighted by molar-refractivity contribution is 8.26. The Morgan fingerprint density at radius 3 is 2.81 bits per heavy atom. The summed E-state index contributed by atoms with van der Waals surface area (Å²) in [5.74, 6) is -1.38. The summed E-state index contributed by atoms with van der Waals surface area (Å²) in [7, 11) is 0. The minimum Gasteiger partial charge on any atom is -0.481 e. The zero-order valence-electron chi connectivity index (χ0n) is 16.7. The average Bonchev–Trinajstić information content (AvgIpc) is 3.00. The number of carboxylic acids is 1. The van der Waals surface area contributed by atoms with Crippen molar-refractivity contribution in [1.82, 2.24) is 9.88 Å². The molecule has 3 N–H and O–H groups in total. The minimum absolute atomic E-state index is 0.123. The molecule has 1 aromatic heterocycles. The van der Waals surface area contributed by atoms with Gasteiger partial charge in [-0.2, -0.15) is 0 Å². The monoisotopic (exact) mass is 459 g/mol. The number of benzene rings is 1. The molecular formula is C22H22FN3O3S2. The van der Waals surface area contributed by atoms with Crippen LogP contribution in [0.1, 0.15) is 36.9 Å². The summed E-state index contributed by atoms with van der Waals surface area (Å²) < 4.78 is 14.2. The molecule has 6 nitrogen and oxygen atoms in total. The Kier molecular flexibility index (Phi) is 7.89. The van der Waals surface area contributed by atoms with Crippen LogP contribution >= 0.6 is 24.0 Å². The average molecular weight is 460 g/mol. The molecule has 0 radical (unpaired) electrons. The number of halogens is 1. The number of unbranched alkanes of at least 4 members (excludes halogenated alkanes) is 2. The number of nitrogens with two attached hydrogens (primary N) is 1. The number of hydrogen-bond acceptors (Lipinski definition) is 6. The predicted molar refractivity (Wildman–Crippen MR) is 124 cm³/mol. The quantitative estimate of drug-likeness (QED) is 0.330. The fraction of sp³-hybridized carbons (Fsp3) is 0.273. The Morgan fingerprint density at radius 1 is 1.26 bits per heavy atom. The number of thioether (sulfide) groups is 1. The van der Waals surface area contributed by atoms with E-state index in [0.29, 0.717) is 52.0 Å². The molecule has 3 rings (SSSR count). The third-order valence-electron chi connectivity index (χ3n) is 4.76. The number of pyridine rings is 1. The zero-order chi connectivity index (χ0) is 22.4. The van der Waals surface area contributed by atoms with E-state index < -0.39 is 5.97 Å². The maximum Gasteiger partial charge on any atom is 0.303 e. The van der Waals surface area contributed by atoms with E-state index in [9.17, 15) is 14.0 Å². The lowest BCUT2D eigenvalue weighted by Gasteiger charge is -2.13. The van der Waals surface area contributed by atoms with Gasteiger partial charge in [0.25, 0.3) is 5.91 Å². The highest BCUT2D eigenvalue weighted by Gasteiger charge is 2.31. The molecule has 1 aliphatic rings. The van der Waals surface area contributed by atoms with Crippen molar-refractivity contribution in [3.8, 4) is 11.3 Å². The van der Waals surface area contributed by atoms with Gasteiger partial charge in [0.2, 0.25) is 0 Å². The van der Waals surface area contributed by atoms with E-state index in [1.807, 2.05) is 0 Å². The van der Waals surface area contributed by atoms with Crippen LogP contribution in [-0.2, 0) is 16.1 Å². The molecule has 162 valence electrons. The lowest BCUT2D eigenvalue weighted by atomic mass is 10.0. The fourth-order valence-corrected chi connectivity index (χ4v) is 4.49. The van der Waals surface area contributed by atoms with Gasteiger partial charge in [-0.3, -0.25) is 14.5 Å². The van der Waals surface area contributed by atoms with Gasteiger partial charge >= 0.3 is 5.97 Å². The number of amides is 1. The van der Waals surface area contributed by atoms with Gasteiger partial charge in [0.15, 0.2) is 0 Å². The topological polar surface area (TPSA) is 96.5 Å². The van der Waals surface area contributed by atoms with E-state index in [-0.39, 0.29) is 24.7 Å². The molecule has 31 heavy (non-hydrogen) atoms. The Morgan fingerprint density at radius 2 is 2.06 bits per heavy atom. The fourth-order valence-electron chi connectivity index (χ4n) is 3.20. The first kappa shape index (κ1) is 23.1. The summed E-state index contributed by atoms with van der Waals surface area (Å²) >= 11 is 6.55. The third-order valence-corrected chi connectivity index (χ3v) is 6.14. The van der Waals surface area contributed by atoms with Gasteiger partial charge < -0.3 is 10.8 Å². The zero-order valence-corrected chi connectivity index (χ0v) is 18.3. The van der Waals surface area contributed by atoms with Crippen molar-refractivity contribution in [3.05, 3.63) is 58.4 Å². The molecule has 0 spiro atoms. The maximum atomic E-state index is 13.7. The molecule has 0 unspecified atom stereocenters. The summed E-state index contributed by atoms with van der Waals surface area (Å²) in [4.78, 5) is 29.9. The van der Waals surface area contributed by atoms with Crippen molar-refractivity contribution in [2.45, 2.75) is 32.2 Å². The van der Waals surface area contributed by atoms with E-state index in [4.69, 9.17) is 23.1 Å². The second-order valence-electron chi connectivity index (χ2n) is 6.99. The number of carbonyl (C=O) groups excluding carboxylic acids is 1. The molecule has 0 saturated carbocycles. The maximum absolute atomic E-state index is 13.7. The molecule has 0 atom stereocenters. The van der Waals surface area contributed by atoms with Crippen molar-refractivity contribution in [3.63, 3.8) is 0 Å². The van der Waals surface area contributed by atoms with Crippen LogP contribution in [0.25, 0.3) is 17.3 Å². The molecule has 1 saturated heterocycles. The first-order valence-corrected chi connectivity index (χ1v) is 11.0. The minimum atomic E-state index is -0.819. The first-order valence-electron chi connectivity index (χ1n) is 9.82. The largest absolute Gasteiger partial charge is 0.481 e. The van der Waals surface area contributed by atoms with E-state index >= 15 is 0 Å². The van der Waals surface area contributed by atoms with Gasteiger partial charge in [-0.25, -0.2) is 9.37 Å². The van der Waals surface area contributed by atoms with Crippen LogP contribution in [0, 0.1) is 5.82 Å². The first-order chi connectivity index (χ1) is 14.9. The van der Waals surface area contributed by atoms with E-state index in [0.717, 1.165) is 5.56 Å². The summed E-state index contributed by atoms with van der Waals surface area (Å²) in [6, 6.07) is 9.74. The molecule has 1 fully saturated rings. The van der Waals surface area contributed by atoms with Crippen LogP contribution < -0.4 is 5.73 Å². The second kappa shape index (κ2) is 10.6. The molecule has 2 aromatic rings. The van der Waals surface area contributed by atoms with Gasteiger partial charge in [0.05, 0.1) is 16.3 Å². The molecule has 2 heterocycles. The third kappa shape index (κ3) is 5.96. The van der Waals surface area contributed by atoms with Crippen molar-refractivity contribution in [2.75, 3.05) is 6.54 Å². The molecule has 1 aromatic carbocycles. The number of carboxylic acid groups (broad SMARTS) is 1. The van der Waals surface area contributed by atoms with Crippen LogP contribution in [0.2, 0.25) is 0 Å². The number of nitrogens with zero attached hydrogens (tertiary/aromatic N) is 2. The summed E-state index contributed by atoms with van der Waals surface area (Å²) in [5, 5.41) is 8.69. The number of aromatic nitrogens is 1. The van der Waals surface area contributed by atoms with Crippen molar-refractivity contribution < 1.29 is 19.1 Å². The number of hydrogen-bond donors (Lipinski definition) is 2. The Labute approximate surface area is 189 Å². The van der Waals surface area contributed by atoms with Crippen LogP contribution in [-0.4, -0.2) is 37.7 Å². The highest BCUT2D eigenvalue weighted by atomic mass is 32.2. The van der Waals surface area contributed by atoms with Gasteiger partial charge in [0.1, 0.15) is 10.1 Å². The molecule has 9 heteroatoms. The van der Waals surface area contributed by atoms with Crippen LogP contribution in [0.5, 0.6) is 0 Å².